The standard InChI is InChI=1S/C10H6N6/c11-3-8-9(4-12)16(6-15-8)10-2-1-7(13)5-14-10/h1-2,5-6H,13H2. The van der Waals surface area contributed by atoms with Crippen LogP contribution in [0.4, 0.5) is 5.69 Å². The predicted octanol–water partition coefficient (Wildman–Crippen LogP) is 0.593. The molecule has 2 N–H and O–H groups in total. The lowest BCUT2D eigenvalue weighted by atomic mass is 10.3. The number of nitrogen functional groups attached to an aromatic ring is 1. The van der Waals surface area contributed by atoms with Gasteiger partial charge in [-0.05, 0) is 12.1 Å². The van der Waals surface area contributed by atoms with Crippen LogP contribution in [0.1, 0.15) is 11.4 Å². The molecule has 2 aromatic rings. The SMILES string of the molecule is N#Cc1ncn(-c2ccc(N)cn2)c1C#N. The van der Waals surface area contributed by atoms with E-state index >= 15 is 0 Å². The maximum atomic E-state index is 8.92. The average molecular weight is 210 g/mol. The van der Waals surface area contributed by atoms with Crippen LogP contribution in [-0.4, -0.2) is 14.5 Å². The number of imidazole rings is 1. The van der Waals surface area contributed by atoms with E-state index in [-0.39, 0.29) is 11.4 Å². The molecule has 2 heterocycles. The first-order chi connectivity index (χ1) is 7.76. The highest BCUT2D eigenvalue weighted by Gasteiger charge is 2.11. The molecule has 0 atom stereocenters. The first-order valence-corrected chi connectivity index (χ1v) is 4.35. The van der Waals surface area contributed by atoms with Gasteiger partial charge < -0.3 is 5.73 Å². The van der Waals surface area contributed by atoms with Gasteiger partial charge in [0.1, 0.15) is 24.3 Å². The third-order valence-electron chi connectivity index (χ3n) is 2.00. The summed E-state index contributed by atoms with van der Waals surface area (Å²) in [5, 5.41) is 17.7. The summed E-state index contributed by atoms with van der Waals surface area (Å²) in [5.41, 5.74) is 6.28. The highest BCUT2D eigenvalue weighted by molar-refractivity contribution is 5.44. The lowest BCUT2D eigenvalue weighted by Gasteiger charge is -2.01. The van der Waals surface area contributed by atoms with Gasteiger partial charge in [-0.15, -0.1) is 0 Å². The second kappa shape index (κ2) is 3.71. The van der Waals surface area contributed by atoms with Crippen LogP contribution in [-0.2, 0) is 0 Å². The van der Waals surface area contributed by atoms with E-state index in [1.54, 1.807) is 12.1 Å². The van der Waals surface area contributed by atoms with Crippen molar-refractivity contribution in [2.24, 2.45) is 0 Å². The molecule has 0 aliphatic carbocycles. The molecule has 0 amide bonds. The Bertz CT molecular complexity index is 596. The van der Waals surface area contributed by atoms with Crippen molar-refractivity contribution < 1.29 is 0 Å². The minimum Gasteiger partial charge on any atom is -0.397 e. The van der Waals surface area contributed by atoms with E-state index in [1.165, 1.54) is 17.1 Å². The summed E-state index contributed by atoms with van der Waals surface area (Å²) in [5.74, 6) is 0.500. The Labute approximate surface area is 91.2 Å². The largest absolute Gasteiger partial charge is 0.397 e. The molecule has 76 valence electrons. The molecule has 2 rings (SSSR count). The molecule has 0 aliphatic heterocycles. The molecule has 2 aromatic heterocycles. The molecule has 0 unspecified atom stereocenters. The zero-order chi connectivity index (χ0) is 11.5. The molecule has 0 saturated carbocycles. The third kappa shape index (κ3) is 1.45. The maximum absolute atomic E-state index is 8.92. The number of pyridine rings is 1. The Hall–Kier alpha value is -2.86. The average Bonchev–Trinajstić information content (AvgIpc) is 2.72. The van der Waals surface area contributed by atoms with Gasteiger partial charge in [0.15, 0.2) is 11.4 Å². The Kier molecular flexibility index (Phi) is 2.25. The highest BCUT2D eigenvalue weighted by Crippen LogP contribution is 2.12. The van der Waals surface area contributed by atoms with Crippen LogP contribution in [0, 0.1) is 22.7 Å². The first-order valence-electron chi connectivity index (χ1n) is 4.35. The minimum atomic E-state index is 0.0844. The van der Waals surface area contributed by atoms with Crippen molar-refractivity contribution in [2.45, 2.75) is 0 Å². The topological polar surface area (TPSA) is 104 Å². The quantitative estimate of drug-likeness (QED) is 0.741. The van der Waals surface area contributed by atoms with Crippen LogP contribution >= 0.6 is 0 Å². The van der Waals surface area contributed by atoms with Crippen molar-refractivity contribution in [2.75, 3.05) is 5.73 Å². The molecule has 0 fully saturated rings. The molecule has 6 heteroatoms. The Morgan fingerprint density at radius 2 is 2.00 bits per heavy atom. The number of nitrogens with two attached hydrogens (primary N) is 1. The van der Waals surface area contributed by atoms with Crippen molar-refractivity contribution in [3.05, 3.63) is 36.0 Å². The number of aromatic nitrogens is 3. The van der Waals surface area contributed by atoms with Crippen molar-refractivity contribution in [1.29, 1.82) is 10.5 Å². The monoisotopic (exact) mass is 210 g/mol. The lowest BCUT2D eigenvalue weighted by Crippen LogP contribution is -1.99. The molecule has 0 aromatic carbocycles. The van der Waals surface area contributed by atoms with Crippen LogP contribution in [0.25, 0.3) is 5.82 Å². The summed E-state index contributed by atoms with van der Waals surface area (Å²) in [7, 11) is 0. The highest BCUT2D eigenvalue weighted by atomic mass is 15.1. The second-order valence-corrected chi connectivity index (χ2v) is 2.99. The van der Waals surface area contributed by atoms with Gasteiger partial charge in [0.2, 0.25) is 0 Å². The number of nitrogens with zero attached hydrogens (tertiary/aromatic N) is 5. The van der Waals surface area contributed by atoms with Gasteiger partial charge in [-0.25, -0.2) is 9.97 Å². The van der Waals surface area contributed by atoms with Crippen molar-refractivity contribution in [3.8, 4) is 18.0 Å². The van der Waals surface area contributed by atoms with Crippen molar-refractivity contribution >= 4 is 5.69 Å². The van der Waals surface area contributed by atoms with E-state index in [1.807, 2.05) is 12.1 Å². The molecule has 0 spiro atoms. The Balaban J connectivity index is 2.58. The molecule has 0 aliphatic rings. The van der Waals surface area contributed by atoms with Gasteiger partial charge in [-0.1, -0.05) is 0 Å². The van der Waals surface area contributed by atoms with Crippen LogP contribution in [0.3, 0.4) is 0 Å². The van der Waals surface area contributed by atoms with Gasteiger partial charge in [0, 0.05) is 0 Å². The van der Waals surface area contributed by atoms with Crippen molar-refractivity contribution in [1.82, 2.24) is 14.5 Å². The summed E-state index contributed by atoms with van der Waals surface area (Å²) in [6.07, 6.45) is 2.86. The maximum Gasteiger partial charge on any atom is 0.177 e. The van der Waals surface area contributed by atoms with E-state index in [0.29, 0.717) is 11.5 Å². The third-order valence-corrected chi connectivity index (χ3v) is 2.00. The summed E-state index contributed by atoms with van der Waals surface area (Å²) in [6.45, 7) is 0. The number of anilines is 1. The summed E-state index contributed by atoms with van der Waals surface area (Å²) in [4.78, 5) is 7.85. The Morgan fingerprint density at radius 1 is 1.19 bits per heavy atom. The van der Waals surface area contributed by atoms with Crippen LogP contribution in [0.15, 0.2) is 24.7 Å². The zero-order valence-corrected chi connectivity index (χ0v) is 8.12. The molecule has 0 radical (unpaired) electrons. The minimum absolute atomic E-state index is 0.0844. The van der Waals surface area contributed by atoms with E-state index in [2.05, 4.69) is 9.97 Å². The van der Waals surface area contributed by atoms with E-state index in [0.717, 1.165) is 0 Å². The number of nitriles is 2. The van der Waals surface area contributed by atoms with Gasteiger partial charge in [0.25, 0.3) is 0 Å². The van der Waals surface area contributed by atoms with E-state index in [9.17, 15) is 0 Å². The molecule has 16 heavy (non-hydrogen) atoms. The zero-order valence-electron chi connectivity index (χ0n) is 8.12. The van der Waals surface area contributed by atoms with Gasteiger partial charge in [-0.3, -0.25) is 4.57 Å². The lowest BCUT2D eigenvalue weighted by molar-refractivity contribution is 0.977. The molecule has 0 saturated heterocycles. The number of hydrogen-bond acceptors (Lipinski definition) is 5. The fraction of sp³-hybridized carbons (Fsp3) is 0. The van der Waals surface area contributed by atoms with Gasteiger partial charge in [-0.2, -0.15) is 10.5 Å². The van der Waals surface area contributed by atoms with Crippen LogP contribution < -0.4 is 5.73 Å². The van der Waals surface area contributed by atoms with E-state index < -0.39 is 0 Å². The van der Waals surface area contributed by atoms with Crippen molar-refractivity contribution in [3.63, 3.8) is 0 Å². The smallest absolute Gasteiger partial charge is 0.177 e. The summed E-state index contributed by atoms with van der Waals surface area (Å²) in [6, 6.07) is 7.07. The molecule has 6 nitrogen and oxygen atoms in total. The number of hydrogen-bond donors (Lipinski definition) is 1. The van der Waals surface area contributed by atoms with Crippen LogP contribution in [0.2, 0.25) is 0 Å². The first kappa shape index (κ1) is 9.69. The van der Waals surface area contributed by atoms with Gasteiger partial charge >= 0.3 is 0 Å². The fourth-order valence-corrected chi connectivity index (χ4v) is 1.25. The molecule has 0 bridgehead atoms. The van der Waals surface area contributed by atoms with Gasteiger partial charge in [0.05, 0.1) is 11.9 Å². The number of rotatable bonds is 1. The summed E-state index contributed by atoms with van der Waals surface area (Å²) < 4.78 is 1.44. The Morgan fingerprint density at radius 3 is 2.56 bits per heavy atom. The summed E-state index contributed by atoms with van der Waals surface area (Å²) >= 11 is 0. The van der Waals surface area contributed by atoms with E-state index in [4.69, 9.17) is 16.3 Å². The normalized spacial score (nSPS) is 9.38. The predicted molar refractivity (Wildman–Crippen MR) is 55.2 cm³/mol. The molecular weight excluding hydrogens is 204 g/mol. The second-order valence-electron chi connectivity index (χ2n) is 2.99. The fourth-order valence-electron chi connectivity index (χ4n) is 1.25. The van der Waals surface area contributed by atoms with Crippen LogP contribution in [0.5, 0.6) is 0 Å². The molecular formula is C10H6N6.